The highest BCUT2D eigenvalue weighted by Crippen LogP contribution is 2.39. The first-order chi connectivity index (χ1) is 16.2. The molecule has 0 unspecified atom stereocenters. The van der Waals surface area contributed by atoms with Gasteiger partial charge in [0, 0.05) is 6.42 Å². The van der Waals surface area contributed by atoms with Gasteiger partial charge < -0.3 is 10.2 Å². The van der Waals surface area contributed by atoms with Crippen molar-refractivity contribution in [2.75, 3.05) is 5.48 Å². The van der Waals surface area contributed by atoms with E-state index in [1.807, 2.05) is 17.6 Å². The second-order valence-corrected chi connectivity index (χ2v) is 11.0. The molecule has 0 saturated heterocycles. The maximum Gasteiger partial charge on any atom is 0.187 e. The molecule has 6 nitrogen and oxygen atoms in total. The Morgan fingerprint density at radius 2 is 1.19 bits per heavy atom. The van der Waals surface area contributed by atoms with Crippen LogP contribution >= 0.6 is 0 Å². The second kappa shape index (κ2) is 12.4. The molecule has 3 rings (SSSR count). The smallest absolute Gasteiger partial charge is 0.187 e. The van der Waals surface area contributed by atoms with Crippen molar-refractivity contribution in [1.82, 2.24) is 0 Å². The van der Waals surface area contributed by atoms with Crippen molar-refractivity contribution in [1.29, 1.82) is 0 Å². The van der Waals surface area contributed by atoms with E-state index in [1.54, 1.807) is 18.2 Å². The van der Waals surface area contributed by atoms with E-state index in [1.165, 1.54) is 6.07 Å². The number of nitrogens with zero attached hydrogens (tertiary/aromatic N) is 1. The van der Waals surface area contributed by atoms with E-state index < -0.39 is 0 Å². The van der Waals surface area contributed by atoms with Gasteiger partial charge in [-0.3, -0.25) is 10.7 Å². The highest BCUT2D eigenvalue weighted by Gasteiger charge is 2.24. The van der Waals surface area contributed by atoms with Gasteiger partial charge in [0.15, 0.2) is 17.4 Å². The topological polar surface area (TPSA) is 102 Å². The lowest BCUT2D eigenvalue weighted by Crippen LogP contribution is -2.14. The lowest BCUT2D eigenvalue weighted by molar-refractivity contribution is 0.389. The highest BCUT2D eigenvalue weighted by molar-refractivity contribution is 5.75. The van der Waals surface area contributed by atoms with Gasteiger partial charge >= 0.3 is 0 Å². The van der Waals surface area contributed by atoms with Crippen molar-refractivity contribution >= 4 is 28.7 Å². The molecule has 0 fully saturated rings. The number of aryl methyl sites for hydroxylation is 2. The number of benzene rings is 3. The third kappa shape index (κ3) is 7.83. The number of aromatic hydroxyl groups is 2. The van der Waals surface area contributed by atoms with Gasteiger partial charge in [0.1, 0.15) is 17.2 Å². The van der Waals surface area contributed by atoms with Gasteiger partial charge in [-0.15, -0.1) is 4.91 Å². The molecule has 0 aliphatic rings. The van der Waals surface area contributed by atoms with Gasteiger partial charge in [0.25, 0.3) is 0 Å². The predicted octanol–water partition coefficient (Wildman–Crippen LogP) is 6.60. The Morgan fingerprint density at radius 1 is 0.778 bits per heavy atom. The molecule has 0 atom stereocenters. The zero-order chi connectivity index (χ0) is 26.6. The van der Waals surface area contributed by atoms with Gasteiger partial charge in [-0.05, 0) is 64.2 Å². The molecule has 7 heteroatoms. The quantitative estimate of drug-likeness (QED) is 0.181. The zero-order valence-electron chi connectivity index (χ0n) is 22.0. The molecule has 36 heavy (non-hydrogen) atoms. The Kier molecular flexibility index (Phi) is 10.7. The van der Waals surface area contributed by atoms with Crippen LogP contribution in [-0.2, 0) is 17.3 Å². The SMILES string of the molecule is Cc1cc(Cc2cc(C)cc(C(C)(C)C)c2O)c(O)c(C(C)(C)C)c1.O=Nc1ccccc1NO.[AlH3]. The average Bonchev–Trinajstić information content (AvgIpc) is 2.77. The largest absolute Gasteiger partial charge is 0.507 e. The van der Waals surface area contributed by atoms with Crippen LogP contribution in [0.15, 0.2) is 53.7 Å². The summed E-state index contributed by atoms with van der Waals surface area (Å²) in [6.45, 7) is 16.7. The number of phenolic OH excluding ortho intramolecular Hbond substituents is 2. The standard InChI is InChI=1S/C23H32O2.C6H6N2O2.Al.3H/c1-14-9-16(20(24)18(11-14)22(3,4)5)13-17-10-15(2)12-19(21(17)25)23(6,7)8;9-7-5-3-1-2-4-6(5)8-10;;;;/h9-12,24-25H,13H2,1-8H3;1-4,7,9H;;;;. The Balaban J connectivity index is 0.000000495. The number of nitrogens with one attached hydrogen (secondary N) is 1. The van der Waals surface area contributed by atoms with Gasteiger partial charge in [0.2, 0.25) is 0 Å². The van der Waals surface area contributed by atoms with Crippen LogP contribution in [0.3, 0.4) is 0 Å². The fourth-order valence-electron chi connectivity index (χ4n) is 3.97. The van der Waals surface area contributed by atoms with Crippen molar-refractivity contribution < 1.29 is 15.4 Å². The second-order valence-electron chi connectivity index (χ2n) is 11.0. The van der Waals surface area contributed by atoms with Crippen LogP contribution in [0, 0.1) is 18.8 Å². The van der Waals surface area contributed by atoms with Crippen molar-refractivity contribution in [3.8, 4) is 11.5 Å². The Bertz CT molecular complexity index is 1130. The molecule has 3 aromatic carbocycles. The fraction of sp³-hybridized carbons (Fsp3) is 0.379. The molecule has 0 aliphatic carbocycles. The first-order valence-corrected chi connectivity index (χ1v) is 11.7. The average molecular weight is 509 g/mol. The summed E-state index contributed by atoms with van der Waals surface area (Å²) in [6, 6.07) is 14.5. The molecular formula is C29H41AlN2O4. The van der Waals surface area contributed by atoms with E-state index in [0.29, 0.717) is 23.6 Å². The number of phenols is 2. The maximum atomic E-state index is 10.8. The molecule has 0 aliphatic heterocycles. The molecule has 0 saturated carbocycles. The third-order valence-corrected chi connectivity index (χ3v) is 5.79. The van der Waals surface area contributed by atoms with Crippen molar-refractivity contribution in [3.63, 3.8) is 0 Å². The summed E-state index contributed by atoms with van der Waals surface area (Å²) in [5.74, 6) is 0.688. The van der Waals surface area contributed by atoms with E-state index in [0.717, 1.165) is 33.4 Å². The molecule has 0 radical (unpaired) electrons. The summed E-state index contributed by atoms with van der Waals surface area (Å²) in [7, 11) is 0. The van der Waals surface area contributed by atoms with E-state index in [2.05, 4.69) is 72.7 Å². The van der Waals surface area contributed by atoms with Gasteiger partial charge in [0.05, 0.1) is 5.69 Å². The number of rotatable bonds is 4. The molecule has 3 aromatic rings. The molecular weight excluding hydrogens is 467 g/mol. The van der Waals surface area contributed by atoms with Crippen molar-refractivity contribution in [2.24, 2.45) is 5.18 Å². The summed E-state index contributed by atoms with van der Waals surface area (Å²) in [6.07, 6.45) is 0.521. The van der Waals surface area contributed by atoms with E-state index in [9.17, 15) is 15.1 Å². The number of nitroso groups, excluding NO2 is 1. The maximum absolute atomic E-state index is 10.8. The lowest BCUT2D eigenvalue weighted by atomic mass is 9.81. The Morgan fingerprint density at radius 3 is 1.53 bits per heavy atom. The number of para-hydroxylation sites is 1. The van der Waals surface area contributed by atoms with Crippen LogP contribution in [0.25, 0.3) is 0 Å². The fourth-order valence-corrected chi connectivity index (χ4v) is 3.97. The summed E-state index contributed by atoms with van der Waals surface area (Å²) in [5.41, 5.74) is 8.00. The molecule has 0 spiro atoms. The van der Waals surface area contributed by atoms with Gasteiger partial charge in [-0.25, -0.2) is 0 Å². The molecule has 0 amide bonds. The molecule has 0 aromatic heterocycles. The Hall–Kier alpha value is -2.85. The summed E-state index contributed by atoms with van der Waals surface area (Å²) < 4.78 is 0. The third-order valence-electron chi connectivity index (χ3n) is 5.79. The van der Waals surface area contributed by atoms with Crippen molar-refractivity contribution in [2.45, 2.75) is 72.6 Å². The minimum Gasteiger partial charge on any atom is -0.507 e. The minimum atomic E-state index is -0.129. The van der Waals surface area contributed by atoms with Crippen LogP contribution in [0.4, 0.5) is 11.4 Å². The van der Waals surface area contributed by atoms with Crippen molar-refractivity contribution in [3.05, 3.63) is 86.8 Å². The number of hydrogen-bond donors (Lipinski definition) is 4. The predicted molar refractivity (Wildman–Crippen MR) is 153 cm³/mol. The number of anilines is 1. The summed E-state index contributed by atoms with van der Waals surface area (Å²) in [4.78, 5) is 9.99. The minimum absolute atomic E-state index is 0. The molecule has 4 N–H and O–H groups in total. The zero-order valence-corrected chi connectivity index (χ0v) is 22.0. The van der Waals surface area contributed by atoms with E-state index in [-0.39, 0.29) is 33.9 Å². The first-order valence-electron chi connectivity index (χ1n) is 11.7. The number of hydrogen-bond acceptors (Lipinski definition) is 6. The van der Waals surface area contributed by atoms with Gasteiger partial charge in [-0.2, -0.15) is 0 Å². The molecule has 0 bridgehead atoms. The van der Waals surface area contributed by atoms with E-state index >= 15 is 0 Å². The van der Waals surface area contributed by atoms with Crippen LogP contribution in [0.1, 0.15) is 74.9 Å². The highest BCUT2D eigenvalue weighted by atomic mass is 27.0. The normalized spacial score (nSPS) is 11.1. The molecule has 0 heterocycles. The summed E-state index contributed by atoms with van der Waals surface area (Å²) >= 11 is 0. The first kappa shape index (κ1) is 31.2. The van der Waals surface area contributed by atoms with E-state index in [4.69, 9.17) is 5.21 Å². The summed E-state index contributed by atoms with van der Waals surface area (Å²) in [5, 5.41) is 32.7. The van der Waals surface area contributed by atoms with Gasteiger partial charge in [-0.1, -0.05) is 89.1 Å². The molecule has 194 valence electrons. The van der Waals surface area contributed by atoms with Crippen LogP contribution in [-0.4, -0.2) is 32.8 Å². The van der Waals surface area contributed by atoms with Crippen LogP contribution in [0.5, 0.6) is 11.5 Å². The monoisotopic (exact) mass is 508 g/mol. The lowest BCUT2D eigenvalue weighted by Gasteiger charge is -2.25. The van der Waals surface area contributed by atoms with Crippen LogP contribution < -0.4 is 5.48 Å². The Labute approximate surface area is 225 Å². The van der Waals surface area contributed by atoms with Crippen LogP contribution in [0.2, 0.25) is 0 Å².